The third kappa shape index (κ3) is 4.21. The normalized spacial score (nSPS) is 12.5. The molecule has 56 valence electrons. The lowest BCUT2D eigenvalue weighted by atomic mass is 10.5. The molecular weight excluding hydrogens is 151 g/mol. The van der Waals surface area contributed by atoms with Crippen molar-refractivity contribution in [3.63, 3.8) is 0 Å². The van der Waals surface area contributed by atoms with Crippen molar-refractivity contribution < 1.29 is 14.1 Å². The summed E-state index contributed by atoms with van der Waals surface area (Å²) in [6.07, 6.45) is 1.08. The summed E-state index contributed by atoms with van der Waals surface area (Å²) in [7, 11) is -0.00665. The highest BCUT2D eigenvalue weighted by molar-refractivity contribution is 7.24. The Morgan fingerprint density at radius 1 is 1.90 bits per heavy atom. The summed E-state index contributed by atoms with van der Waals surface area (Å²) in [6.45, 7) is 5.10. The maximum absolute atomic E-state index is 10.4. The molecule has 0 rings (SSSR count). The smallest absolute Gasteiger partial charge is 0.330 e. The topological polar surface area (TPSA) is 43.4 Å². The minimum Gasteiger partial charge on any atom is -0.461 e. The molecule has 0 aliphatic carbocycles. The molecule has 0 spiro atoms. The Bertz CT molecular complexity index is 144. The molecule has 10 heavy (non-hydrogen) atoms. The fourth-order valence-corrected chi connectivity index (χ4v) is 0.427. The second-order valence-corrected chi connectivity index (χ2v) is 2.88. The van der Waals surface area contributed by atoms with Crippen molar-refractivity contribution in [1.29, 1.82) is 0 Å². The molecule has 4 heteroatoms. The lowest BCUT2D eigenvalue weighted by molar-refractivity contribution is -0.137. The summed E-state index contributed by atoms with van der Waals surface area (Å²) < 4.78 is 14.7. The molecule has 1 unspecified atom stereocenters. The molecule has 3 nitrogen and oxygen atoms in total. The van der Waals surface area contributed by atoms with E-state index in [1.165, 1.54) is 0 Å². The lowest BCUT2D eigenvalue weighted by Gasteiger charge is -2.01. The molecule has 0 aliphatic heterocycles. The third-order valence-corrected chi connectivity index (χ3v) is 1.32. The molecule has 0 heterocycles. The van der Waals surface area contributed by atoms with Crippen molar-refractivity contribution in [2.24, 2.45) is 0 Å². The zero-order valence-electron chi connectivity index (χ0n) is 5.74. The van der Waals surface area contributed by atoms with Crippen molar-refractivity contribution in [3.8, 4) is 0 Å². The van der Waals surface area contributed by atoms with Crippen LogP contribution in [0.2, 0.25) is 0 Å². The quantitative estimate of drug-likeness (QED) is 0.354. The molecule has 1 atom stereocenters. The Kier molecular flexibility index (Phi) is 4.77. The van der Waals surface area contributed by atoms with Gasteiger partial charge in [-0.05, 0) is 6.92 Å². The van der Waals surface area contributed by atoms with Gasteiger partial charge in [0.1, 0.15) is 6.61 Å². The predicted octanol–water partition coefficient (Wildman–Crippen LogP) is 1.40. The summed E-state index contributed by atoms with van der Waals surface area (Å²) in [4.78, 5) is 10.4. The van der Waals surface area contributed by atoms with E-state index >= 15 is 0 Å². The van der Waals surface area contributed by atoms with Crippen LogP contribution in [0.1, 0.15) is 6.92 Å². The molecule has 0 radical (unpaired) electrons. The summed E-state index contributed by atoms with van der Waals surface area (Å²) in [5, 5.41) is 0. The average Bonchev–Trinajstić information content (AvgIpc) is 1.99. The molecule has 0 bridgehead atoms. The highest BCUT2D eigenvalue weighted by Crippen LogP contribution is 2.04. The highest BCUT2D eigenvalue weighted by Gasteiger charge is 2.02. The Labute approximate surface area is 61.3 Å². The number of ether oxygens (including phenoxy) is 1. The van der Waals surface area contributed by atoms with Gasteiger partial charge in [0.15, 0.2) is 8.46 Å². The van der Waals surface area contributed by atoms with Gasteiger partial charge in [-0.25, -0.2) is 4.79 Å². The average molecular weight is 160 g/mol. The number of hydrogen-bond donors (Lipinski definition) is 0. The van der Waals surface area contributed by atoms with Crippen LogP contribution in [0.25, 0.3) is 0 Å². The standard InChI is InChI=1S/C6H9O3P/c1-3-6(7)9-4-5(2)10-8/h3,5H,1,4H2,2H3. The van der Waals surface area contributed by atoms with Gasteiger partial charge in [-0.3, -0.25) is 4.57 Å². The van der Waals surface area contributed by atoms with E-state index in [0.29, 0.717) is 0 Å². The van der Waals surface area contributed by atoms with E-state index in [9.17, 15) is 9.36 Å². The van der Waals surface area contributed by atoms with E-state index in [-0.39, 0.29) is 20.7 Å². The van der Waals surface area contributed by atoms with Crippen LogP contribution in [0.5, 0.6) is 0 Å². The maximum atomic E-state index is 10.4. The lowest BCUT2D eigenvalue weighted by Crippen LogP contribution is -2.08. The van der Waals surface area contributed by atoms with Gasteiger partial charge in [-0.15, -0.1) is 0 Å². The molecule has 0 aromatic carbocycles. The van der Waals surface area contributed by atoms with Crippen molar-refractivity contribution in [2.75, 3.05) is 6.61 Å². The zero-order valence-corrected chi connectivity index (χ0v) is 6.64. The number of esters is 1. The second kappa shape index (κ2) is 5.12. The number of hydrogen-bond acceptors (Lipinski definition) is 3. The molecule has 0 aliphatic rings. The van der Waals surface area contributed by atoms with Crippen molar-refractivity contribution >= 4 is 14.4 Å². The van der Waals surface area contributed by atoms with E-state index in [0.717, 1.165) is 6.08 Å². The van der Waals surface area contributed by atoms with Crippen LogP contribution in [0, 0.1) is 0 Å². The Balaban J connectivity index is 3.43. The van der Waals surface area contributed by atoms with Gasteiger partial charge in [0.05, 0.1) is 5.66 Å². The van der Waals surface area contributed by atoms with Gasteiger partial charge in [-0.1, -0.05) is 6.58 Å². The zero-order chi connectivity index (χ0) is 7.98. The highest BCUT2D eigenvalue weighted by atomic mass is 31.1. The minimum absolute atomic E-state index is 0.00665. The number of carbonyl (C=O) groups is 1. The number of carbonyl (C=O) groups excluding carboxylic acids is 1. The van der Waals surface area contributed by atoms with Gasteiger partial charge < -0.3 is 4.74 Å². The molecule has 0 saturated carbocycles. The minimum atomic E-state index is -0.476. The van der Waals surface area contributed by atoms with E-state index < -0.39 is 5.97 Å². The van der Waals surface area contributed by atoms with Crippen molar-refractivity contribution in [2.45, 2.75) is 12.6 Å². The van der Waals surface area contributed by atoms with E-state index in [1.807, 2.05) is 0 Å². The molecule has 0 amide bonds. The summed E-state index contributed by atoms with van der Waals surface area (Å²) in [5.41, 5.74) is -0.135. The molecular formula is C6H9O3P. The third-order valence-electron chi connectivity index (χ3n) is 0.813. The first kappa shape index (κ1) is 9.31. The van der Waals surface area contributed by atoms with Gasteiger partial charge in [0.25, 0.3) is 0 Å². The van der Waals surface area contributed by atoms with Crippen LogP contribution in [0.3, 0.4) is 0 Å². The predicted molar refractivity (Wildman–Crippen MR) is 38.2 cm³/mol. The first-order valence-electron chi connectivity index (χ1n) is 2.82. The molecule has 0 N–H and O–H groups in total. The van der Waals surface area contributed by atoms with Crippen LogP contribution in [0.4, 0.5) is 0 Å². The molecule has 0 aromatic heterocycles. The van der Waals surface area contributed by atoms with Gasteiger partial charge in [-0.2, -0.15) is 0 Å². The van der Waals surface area contributed by atoms with Gasteiger partial charge >= 0.3 is 5.97 Å². The Morgan fingerprint density at radius 3 is 2.90 bits per heavy atom. The van der Waals surface area contributed by atoms with E-state index in [4.69, 9.17) is 0 Å². The van der Waals surface area contributed by atoms with E-state index in [2.05, 4.69) is 11.3 Å². The van der Waals surface area contributed by atoms with Crippen LogP contribution >= 0.6 is 8.46 Å². The largest absolute Gasteiger partial charge is 0.461 e. The summed E-state index contributed by atoms with van der Waals surface area (Å²) in [6, 6.07) is 0. The van der Waals surface area contributed by atoms with Crippen LogP contribution in [-0.2, 0) is 14.1 Å². The molecule has 0 fully saturated rings. The SMILES string of the molecule is C=CC(=O)OCC(C)P=O. The summed E-state index contributed by atoms with van der Waals surface area (Å²) in [5.74, 6) is -0.476. The Morgan fingerprint density at radius 2 is 2.50 bits per heavy atom. The molecule has 0 aromatic rings. The summed E-state index contributed by atoms with van der Waals surface area (Å²) >= 11 is 0. The maximum Gasteiger partial charge on any atom is 0.330 e. The van der Waals surface area contributed by atoms with Crippen molar-refractivity contribution in [1.82, 2.24) is 0 Å². The Hall–Kier alpha value is -0.690. The van der Waals surface area contributed by atoms with Gasteiger partial charge in [0.2, 0.25) is 0 Å². The van der Waals surface area contributed by atoms with Crippen LogP contribution < -0.4 is 0 Å². The van der Waals surface area contributed by atoms with E-state index in [1.54, 1.807) is 6.92 Å². The fraction of sp³-hybridized carbons (Fsp3) is 0.500. The van der Waals surface area contributed by atoms with Crippen molar-refractivity contribution in [3.05, 3.63) is 12.7 Å². The van der Waals surface area contributed by atoms with Crippen LogP contribution in [-0.4, -0.2) is 18.2 Å². The monoisotopic (exact) mass is 160 g/mol. The van der Waals surface area contributed by atoms with Gasteiger partial charge in [0, 0.05) is 6.08 Å². The second-order valence-electron chi connectivity index (χ2n) is 1.79. The molecule has 0 saturated heterocycles. The first-order chi connectivity index (χ1) is 4.70. The fourth-order valence-electron chi connectivity index (χ4n) is 0.292. The first-order valence-corrected chi connectivity index (χ1v) is 3.70. The number of rotatable bonds is 4. The van der Waals surface area contributed by atoms with Crippen LogP contribution in [0.15, 0.2) is 12.7 Å².